The van der Waals surface area contributed by atoms with Crippen LogP contribution >= 0.6 is 0 Å². The van der Waals surface area contributed by atoms with Gasteiger partial charge in [0.05, 0.1) is 41.7 Å². The van der Waals surface area contributed by atoms with Crippen molar-refractivity contribution in [1.29, 1.82) is 0 Å². The van der Waals surface area contributed by atoms with E-state index in [1.165, 1.54) is 6.20 Å². The van der Waals surface area contributed by atoms with Crippen molar-refractivity contribution in [3.05, 3.63) is 66.0 Å². The van der Waals surface area contributed by atoms with Crippen molar-refractivity contribution >= 4 is 28.5 Å². The minimum atomic E-state index is -0.407. The average Bonchev–Trinajstić information content (AvgIpc) is 2.74. The molecule has 2 amide bonds. The van der Waals surface area contributed by atoms with Gasteiger partial charge < -0.3 is 15.0 Å². The summed E-state index contributed by atoms with van der Waals surface area (Å²) in [4.78, 5) is 35.8. The number of fused-ring (bicyclic) bond motifs is 1. The van der Waals surface area contributed by atoms with Gasteiger partial charge in [-0.25, -0.2) is 4.98 Å². The fourth-order valence-electron chi connectivity index (χ4n) is 2.97. The topological polar surface area (TPSA) is 84.4 Å². The Hall–Kier alpha value is -3.32. The van der Waals surface area contributed by atoms with E-state index >= 15 is 0 Å². The van der Waals surface area contributed by atoms with Crippen LogP contribution in [0, 0.1) is 0 Å². The lowest BCUT2D eigenvalue weighted by Crippen LogP contribution is -2.41. The number of ether oxygens (including phenoxy) is 1. The molecule has 136 valence electrons. The van der Waals surface area contributed by atoms with Gasteiger partial charge in [-0.3, -0.25) is 14.6 Å². The molecule has 1 aliphatic heterocycles. The van der Waals surface area contributed by atoms with E-state index in [1.54, 1.807) is 35.2 Å². The van der Waals surface area contributed by atoms with Crippen molar-refractivity contribution in [3.8, 4) is 0 Å². The largest absolute Gasteiger partial charge is 0.378 e. The zero-order chi connectivity index (χ0) is 18.6. The number of hydrogen-bond donors (Lipinski definition) is 1. The molecule has 7 heteroatoms. The first-order valence-corrected chi connectivity index (χ1v) is 8.71. The number of nitrogens with zero attached hydrogens (tertiary/aromatic N) is 3. The van der Waals surface area contributed by atoms with Gasteiger partial charge in [-0.15, -0.1) is 0 Å². The van der Waals surface area contributed by atoms with E-state index in [4.69, 9.17) is 4.74 Å². The van der Waals surface area contributed by atoms with Gasteiger partial charge in [-0.05, 0) is 24.3 Å². The molecule has 0 bridgehead atoms. The summed E-state index contributed by atoms with van der Waals surface area (Å²) in [6.07, 6.45) is 1.43. The van der Waals surface area contributed by atoms with E-state index in [2.05, 4.69) is 15.3 Å². The molecule has 27 heavy (non-hydrogen) atoms. The van der Waals surface area contributed by atoms with Gasteiger partial charge in [0.25, 0.3) is 11.8 Å². The molecule has 1 aromatic heterocycles. The van der Waals surface area contributed by atoms with Crippen LogP contribution in [0.25, 0.3) is 11.0 Å². The normalized spacial score (nSPS) is 14.1. The maximum absolute atomic E-state index is 12.8. The summed E-state index contributed by atoms with van der Waals surface area (Å²) in [7, 11) is 0. The summed E-state index contributed by atoms with van der Waals surface area (Å²) in [5.74, 6) is -0.533. The number of nitrogens with one attached hydrogen (secondary N) is 1. The maximum Gasteiger partial charge on any atom is 0.275 e. The molecular weight excluding hydrogens is 344 g/mol. The monoisotopic (exact) mass is 362 g/mol. The molecule has 1 fully saturated rings. The van der Waals surface area contributed by atoms with Gasteiger partial charge in [0.2, 0.25) is 0 Å². The first-order valence-electron chi connectivity index (χ1n) is 8.71. The van der Waals surface area contributed by atoms with Crippen LogP contribution in [-0.4, -0.2) is 53.0 Å². The number of aromatic nitrogens is 2. The molecule has 1 saturated heterocycles. The SMILES string of the molecule is O=C(Nc1ccccc1C(=O)N1CCOCC1)c1cnc2ccccc2n1. The van der Waals surface area contributed by atoms with Crippen LogP contribution in [0.2, 0.25) is 0 Å². The Morgan fingerprint density at radius 1 is 0.963 bits per heavy atom. The lowest BCUT2D eigenvalue weighted by atomic mass is 10.1. The fourth-order valence-corrected chi connectivity index (χ4v) is 2.97. The van der Waals surface area contributed by atoms with Crippen LogP contribution in [0.15, 0.2) is 54.7 Å². The second-order valence-electron chi connectivity index (χ2n) is 6.15. The third-order valence-electron chi connectivity index (χ3n) is 4.39. The second-order valence-corrected chi connectivity index (χ2v) is 6.15. The van der Waals surface area contributed by atoms with Crippen LogP contribution in [0.3, 0.4) is 0 Å². The molecule has 0 aliphatic carbocycles. The first kappa shape index (κ1) is 17.1. The molecule has 1 N–H and O–H groups in total. The molecule has 3 aromatic rings. The molecule has 0 unspecified atom stereocenters. The fraction of sp³-hybridized carbons (Fsp3) is 0.200. The number of para-hydroxylation sites is 3. The lowest BCUT2D eigenvalue weighted by molar-refractivity contribution is 0.0303. The Bertz CT molecular complexity index is 999. The predicted molar refractivity (Wildman–Crippen MR) is 101 cm³/mol. The third kappa shape index (κ3) is 3.63. The number of hydrogen-bond acceptors (Lipinski definition) is 5. The van der Waals surface area contributed by atoms with Crippen molar-refractivity contribution in [2.75, 3.05) is 31.6 Å². The smallest absolute Gasteiger partial charge is 0.275 e. The van der Waals surface area contributed by atoms with E-state index in [1.807, 2.05) is 18.2 Å². The third-order valence-corrected chi connectivity index (χ3v) is 4.39. The number of morpholine rings is 1. The standard InChI is InChI=1S/C20H18N4O3/c25-19(18-13-21-16-7-3-4-8-17(16)22-18)23-15-6-2-1-5-14(15)20(26)24-9-11-27-12-10-24/h1-8,13H,9-12H2,(H,23,25). The Labute approximate surface area is 156 Å². The summed E-state index contributed by atoms with van der Waals surface area (Å²) in [6, 6.07) is 14.3. The summed E-state index contributed by atoms with van der Waals surface area (Å²) >= 11 is 0. The highest BCUT2D eigenvalue weighted by Crippen LogP contribution is 2.19. The Morgan fingerprint density at radius 2 is 1.67 bits per heavy atom. The van der Waals surface area contributed by atoms with Gasteiger partial charge >= 0.3 is 0 Å². The van der Waals surface area contributed by atoms with E-state index in [9.17, 15) is 9.59 Å². The van der Waals surface area contributed by atoms with E-state index < -0.39 is 5.91 Å². The van der Waals surface area contributed by atoms with Crippen molar-refractivity contribution in [2.24, 2.45) is 0 Å². The van der Waals surface area contributed by atoms with Crippen molar-refractivity contribution in [1.82, 2.24) is 14.9 Å². The Balaban J connectivity index is 1.58. The quantitative estimate of drug-likeness (QED) is 0.773. The number of anilines is 1. The minimum Gasteiger partial charge on any atom is -0.378 e. The number of carbonyl (C=O) groups is 2. The zero-order valence-electron chi connectivity index (χ0n) is 14.6. The Kier molecular flexibility index (Phi) is 4.76. The lowest BCUT2D eigenvalue weighted by Gasteiger charge is -2.27. The van der Waals surface area contributed by atoms with E-state index in [0.717, 1.165) is 5.52 Å². The van der Waals surface area contributed by atoms with E-state index in [0.29, 0.717) is 43.1 Å². The zero-order valence-corrected chi connectivity index (χ0v) is 14.6. The molecular formula is C20H18N4O3. The second kappa shape index (κ2) is 7.51. The maximum atomic E-state index is 12.8. The molecule has 2 heterocycles. The van der Waals surface area contributed by atoms with Gasteiger partial charge in [0, 0.05) is 13.1 Å². The van der Waals surface area contributed by atoms with Crippen LogP contribution in [0.1, 0.15) is 20.8 Å². The van der Waals surface area contributed by atoms with Crippen LogP contribution < -0.4 is 5.32 Å². The van der Waals surface area contributed by atoms with Crippen molar-refractivity contribution < 1.29 is 14.3 Å². The highest BCUT2D eigenvalue weighted by Gasteiger charge is 2.22. The summed E-state index contributed by atoms with van der Waals surface area (Å²) < 4.78 is 5.29. The van der Waals surface area contributed by atoms with Crippen LogP contribution in [-0.2, 0) is 4.74 Å². The molecule has 0 atom stereocenters. The summed E-state index contributed by atoms with van der Waals surface area (Å²) in [5.41, 5.74) is 2.46. The number of carbonyl (C=O) groups excluding carboxylic acids is 2. The van der Waals surface area contributed by atoms with Crippen LogP contribution in [0.4, 0.5) is 5.69 Å². The number of rotatable bonds is 3. The molecule has 2 aromatic carbocycles. The molecule has 1 aliphatic rings. The summed E-state index contributed by atoms with van der Waals surface area (Å²) in [5, 5.41) is 2.79. The van der Waals surface area contributed by atoms with Crippen molar-refractivity contribution in [2.45, 2.75) is 0 Å². The molecule has 0 radical (unpaired) electrons. The summed E-state index contributed by atoms with van der Waals surface area (Å²) in [6.45, 7) is 2.12. The number of amides is 2. The van der Waals surface area contributed by atoms with Crippen molar-refractivity contribution in [3.63, 3.8) is 0 Å². The first-order chi connectivity index (χ1) is 13.2. The van der Waals surface area contributed by atoms with Gasteiger partial charge in [-0.1, -0.05) is 24.3 Å². The molecule has 7 nitrogen and oxygen atoms in total. The highest BCUT2D eigenvalue weighted by atomic mass is 16.5. The van der Waals surface area contributed by atoms with Gasteiger partial charge in [-0.2, -0.15) is 0 Å². The predicted octanol–water partition coefficient (Wildman–Crippen LogP) is 2.35. The average molecular weight is 362 g/mol. The van der Waals surface area contributed by atoms with E-state index in [-0.39, 0.29) is 11.6 Å². The minimum absolute atomic E-state index is 0.126. The van der Waals surface area contributed by atoms with Gasteiger partial charge in [0.15, 0.2) is 0 Å². The van der Waals surface area contributed by atoms with Gasteiger partial charge in [0.1, 0.15) is 5.69 Å². The molecule has 0 saturated carbocycles. The molecule has 4 rings (SSSR count). The molecule has 0 spiro atoms. The number of benzene rings is 2. The Morgan fingerprint density at radius 3 is 2.48 bits per heavy atom. The highest BCUT2D eigenvalue weighted by molar-refractivity contribution is 6.08. The van der Waals surface area contributed by atoms with Crippen LogP contribution in [0.5, 0.6) is 0 Å².